The number of hydrogen-bond acceptors (Lipinski definition) is 7. The van der Waals surface area contributed by atoms with E-state index in [0.29, 0.717) is 24.5 Å². The molecule has 146 valence electrons. The fourth-order valence-corrected chi connectivity index (χ4v) is 4.59. The summed E-state index contributed by atoms with van der Waals surface area (Å²) in [6.45, 7) is 1.41. The van der Waals surface area contributed by atoms with Gasteiger partial charge < -0.3 is 10.6 Å². The van der Waals surface area contributed by atoms with Crippen LogP contribution in [0.1, 0.15) is 33.6 Å². The molecule has 1 fully saturated rings. The number of benzene rings is 1. The largest absolute Gasteiger partial charge is 0.384 e. The Labute approximate surface area is 160 Å². The number of amides is 2. The molecule has 1 aromatic heterocycles. The molecule has 0 radical (unpaired) electrons. The Kier molecular flexibility index (Phi) is 4.03. The van der Waals surface area contributed by atoms with Crippen molar-refractivity contribution in [3.05, 3.63) is 45.7 Å². The number of nitrogen functional groups attached to an aromatic ring is 1. The smallest absolute Gasteiger partial charge is 0.262 e. The summed E-state index contributed by atoms with van der Waals surface area (Å²) in [5.74, 6) is -1.50. The van der Waals surface area contributed by atoms with Crippen molar-refractivity contribution in [1.82, 2.24) is 9.88 Å². The van der Waals surface area contributed by atoms with Crippen molar-refractivity contribution in [1.29, 1.82) is 0 Å². The van der Waals surface area contributed by atoms with E-state index in [2.05, 4.69) is 5.32 Å². The van der Waals surface area contributed by atoms with Gasteiger partial charge in [0.05, 0.1) is 27.4 Å². The Morgan fingerprint density at radius 3 is 2.36 bits per heavy atom. The lowest BCUT2D eigenvalue weighted by Crippen LogP contribution is -2.25. The number of pyridine rings is 1. The van der Waals surface area contributed by atoms with E-state index in [9.17, 15) is 22.8 Å². The highest BCUT2D eigenvalue weighted by atomic mass is 32.2. The van der Waals surface area contributed by atoms with Crippen molar-refractivity contribution in [2.45, 2.75) is 17.7 Å². The second-order valence-corrected chi connectivity index (χ2v) is 8.88. The predicted octanol–water partition coefficient (Wildman–Crippen LogP) is 0.307. The monoisotopic (exact) mass is 402 g/mol. The number of aromatic nitrogens is 1. The fraction of sp³-hybridized carbons (Fsp3) is 0.278. The Balaban J connectivity index is 1.95. The summed E-state index contributed by atoms with van der Waals surface area (Å²) < 4.78 is 25.5. The number of nitrogens with two attached hydrogens (primary N) is 1. The first kappa shape index (κ1) is 18.2. The maximum Gasteiger partial charge on any atom is 0.262 e. The number of imide groups is 1. The van der Waals surface area contributed by atoms with Gasteiger partial charge in [-0.05, 0) is 31.0 Å². The lowest BCUT2D eigenvalue weighted by Gasteiger charge is -2.22. The van der Waals surface area contributed by atoms with Gasteiger partial charge in [0, 0.05) is 25.4 Å². The van der Waals surface area contributed by atoms with Gasteiger partial charge in [0.15, 0.2) is 9.84 Å². The number of anilines is 2. The van der Waals surface area contributed by atoms with E-state index < -0.39 is 27.2 Å². The highest BCUT2D eigenvalue weighted by molar-refractivity contribution is 7.90. The number of hydrogen-bond donors (Lipinski definition) is 2. The molecule has 0 atom stereocenters. The zero-order valence-electron chi connectivity index (χ0n) is 15.1. The van der Waals surface area contributed by atoms with Crippen LogP contribution in [0.15, 0.2) is 34.0 Å². The van der Waals surface area contributed by atoms with Crippen LogP contribution in [-0.4, -0.2) is 44.1 Å². The molecule has 2 aliphatic heterocycles. The van der Waals surface area contributed by atoms with Gasteiger partial charge in [-0.15, -0.1) is 0 Å². The van der Waals surface area contributed by atoms with Crippen LogP contribution in [0.2, 0.25) is 0 Å². The van der Waals surface area contributed by atoms with Crippen molar-refractivity contribution >= 4 is 33.2 Å². The van der Waals surface area contributed by atoms with Crippen molar-refractivity contribution in [3.8, 4) is 5.69 Å². The van der Waals surface area contributed by atoms with Crippen molar-refractivity contribution in [2.75, 3.05) is 30.0 Å². The molecule has 10 heteroatoms. The van der Waals surface area contributed by atoms with Gasteiger partial charge in [-0.1, -0.05) is 0 Å². The molecular weight excluding hydrogens is 384 g/mol. The molecule has 0 spiro atoms. The molecule has 3 N–H and O–H groups in total. The average molecular weight is 402 g/mol. The highest BCUT2D eigenvalue weighted by Crippen LogP contribution is 2.32. The van der Waals surface area contributed by atoms with Crippen LogP contribution < -0.4 is 21.5 Å². The van der Waals surface area contributed by atoms with Gasteiger partial charge in [-0.25, -0.2) is 8.42 Å². The third kappa shape index (κ3) is 2.76. The lowest BCUT2D eigenvalue weighted by molar-refractivity contribution is 0.0880. The fourth-order valence-electron chi connectivity index (χ4n) is 3.71. The predicted molar refractivity (Wildman–Crippen MR) is 103 cm³/mol. The molecule has 0 unspecified atom stereocenters. The molecule has 0 aliphatic carbocycles. The number of carbonyl (C=O) groups excluding carboxylic acids is 2. The first-order valence-corrected chi connectivity index (χ1v) is 10.6. The minimum atomic E-state index is -3.48. The average Bonchev–Trinajstić information content (AvgIpc) is 3.23. The molecule has 28 heavy (non-hydrogen) atoms. The van der Waals surface area contributed by atoms with Gasteiger partial charge in [0.1, 0.15) is 5.82 Å². The molecular formula is C18H18N4O5S. The number of fused-ring (bicyclic) bond motifs is 1. The summed E-state index contributed by atoms with van der Waals surface area (Å²) in [4.78, 5) is 38.6. The molecule has 0 saturated carbocycles. The maximum absolute atomic E-state index is 12.6. The molecule has 2 amide bonds. The quantitative estimate of drug-likeness (QED) is 0.706. The van der Waals surface area contributed by atoms with Gasteiger partial charge >= 0.3 is 0 Å². The molecule has 0 bridgehead atoms. The van der Waals surface area contributed by atoms with Crippen LogP contribution in [0.5, 0.6) is 0 Å². The number of sulfone groups is 1. The minimum absolute atomic E-state index is 0.0560. The van der Waals surface area contributed by atoms with Crippen LogP contribution >= 0.6 is 0 Å². The molecule has 1 saturated heterocycles. The second kappa shape index (κ2) is 6.20. The van der Waals surface area contributed by atoms with Crippen molar-refractivity contribution < 1.29 is 18.0 Å². The number of rotatable bonds is 3. The molecule has 4 rings (SSSR count). The number of nitrogens with one attached hydrogen (secondary N) is 1. The molecule has 2 aromatic rings. The van der Waals surface area contributed by atoms with Crippen LogP contribution in [0, 0.1) is 0 Å². The summed E-state index contributed by atoms with van der Waals surface area (Å²) in [6, 6.07) is 5.55. The van der Waals surface area contributed by atoms with Gasteiger partial charge in [-0.2, -0.15) is 0 Å². The molecule has 1 aromatic carbocycles. The first-order valence-electron chi connectivity index (χ1n) is 8.69. The van der Waals surface area contributed by atoms with Gasteiger partial charge in [0.25, 0.3) is 17.4 Å². The zero-order chi connectivity index (χ0) is 20.2. The van der Waals surface area contributed by atoms with E-state index in [4.69, 9.17) is 5.73 Å². The Bertz CT molecular complexity index is 1190. The van der Waals surface area contributed by atoms with E-state index in [1.54, 1.807) is 6.07 Å². The molecule has 2 aliphatic rings. The topological polar surface area (TPSA) is 132 Å². The van der Waals surface area contributed by atoms with Crippen molar-refractivity contribution in [3.63, 3.8) is 0 Å². The maximum atomic E-state index is 12.6. The van der Waals surface area contributed by atoms with E-state index in [1.165, 1.54) is 12.1 Å². The standard InChI is InChI=1S/C18H18N4O5S/c1-28(26,27)13-5-4-10(8-12(13)21-6-2-3-7-21)22-14(23)9-11-15(16(22)19)18(25)20-17(11)24/h4-5,8-9H,2-3,6-7,19H2,1H3,(H,20,24,25). The van der Waals surface area contributed by atoms with E-state index in [-0.39, 0.29) is 21.8 Å². The van der Waals surface area contributed by atoms with Gasteiger partial charge in [-0.3, -0.25) is 24.3 Å². The number of nitrogens with zero attached hydrogens (tertiary/aromatic N) is 2. The first-order chi connectivity index (χ1) is 13.2. The third-order valence-corrected chi connectivity index (χ3v) is 6.14. The summed E-state index contributed by atoms with van der Waals surface area (Å²) in [5, 5.41) is 2.12. The van der Waals surface area contributed by atoms with E-state index in [1.807, 2.05) is 4.90 Å². The van der Waals surface area contributed by atoms with Crippen LogP contribution in [0.3, 0.4) is 0 Å². The molecule has 3 heterocycles. The Hall–Kier alpha value is -3.14. The second-order valence-electron chi connectivity index (χ2n) is 6.89. The highest BCUT2D eigenvalue weighted by Gasteiger charge is 2.32. The van der Waals surface area contributed by atoms with Crippen LogP contribution in [0.4, 0.5) is 11.5 Å². The molecule has 9 nitrogen and oxygen atoms in total. The normalized spacial score (nSPS) is 16.4. The van der Waals surface area contributed by atoms with E-state index >= 15 is 0 Å². The Morgan fingerprint density at radius 1 is 1.04 bits per heavy atom. The summed E-state index contributed by atoms with van der Waals surface area (Å²) in [5.41, 5.74) is 6.18. The van der Waals surface area contributed by atoms with Gasteiger partial charge in [0.2, 0.25) is 0 Å². The van der Waals surface area contributed by atoms with Crippen LogP contribution in [-0.2, 0) is 9.84 Å². The minimum Gasteiger partial charge on any atom is -0.384 e. The summed E-state index contributed by atoms with van der Waals surface area (Å²) >= 11 is 0. The lowest BCUT2D eigenvalue weighted by atomic mass is 10.1. The third-order valence-electron chi connectivity index (χ3n) is 5.00. The number of carbonyl (C=O) groups is 2. The van der Waals surface area contributed by atoms with E-state index in [0.717, 1.165) is 29.7 Å². The zero-order valence-corrected chi connectivity index (χ0v) is 15.9. The van der Waals surface area contributed by atoms with Crippen LogP contribution in [0.25, 0.3) is 5.69 Å². The van der Waals surface area contributed by atoms with Crippen molar-refractivity contribution in [2.24, 2.45) is 0 Å². The summed E-state index contributed by atoms with van der Waals surface area (Å²) in [6.07, 6.45) is 3.01. The Morgan fingerprint density at radius 2 is 1.71 bits per heavy atom. The summed E-state index contributed by atoms with van der Waals surface area (Å²) in [7, 11) is -3.48. The SMILES string of the molecule is CS(=O)(=O)c1ccc(-n2c(N)c3c(cc2=O)C(=O)NC3=O)cc1N1CCCC1.